The molecule has 1 atom stereocenters. The number of fused-ring (bicyclic) bond motifs is 1. The van der Waals surface area contributed by atoms with Gasteiger partial charge in [-0.2, -0.15) is 0 Å². The maximum absolute atomic E-state index is 11.1. The summed E-state index contributed by atoms with van der Waals surface area (Å²) in [5.74, 6) is 0.649. The van der Waals surface area contributed by atoms with E-state index in [1.54, 1.807) is 18.3 Å². The quantitative estimate of drug-likeness (QED) is 0.653. The highest BCUT2D eigenvalue weighted by molar-refractivity contribution is 5.87. The topological polar surface area (TPSA) is 74.7 Å². The maximum atomic E-state index is 11.1. The molecule has 1 unspecified atom stereocenters. The predicted molar refractivity (Wildman–Crippen MR) is 113 cm³/mol. The van der Waals surface area contributed by atoms with E-state index in [1.165, 1.54) is 5.56 Å². The molecule has 0 bridgehead atoms. The SMILES string of the molecule is CC(Nc1nccc2c1N(Cc1ccccc1)CCO2)c1ccc(C(=O)O)cc1. The number of carboxylic acids is 1. The Morgan fingerprint density at radius 2 is 1.93 bits per heavy atom. The first-order chi connectivity index (χ1) is 14.1. The number of carboxylic acid groups (broad SMARTS) is 1. The van der Waals surface area contributed by atoms with Gasteiger partial charge >= 0.3 is 5.97 Å². The molecule has 0 fully saturated rings. The number of nitrogens with one attached hydrogen (secondary N) is 1. The molecule has 0 aliphatic carbocycles. The standard InChI is InChI=1S/C23H23N3O3/c1-16(18-7-9-19(10-8-18)23(27)28)25-22-21-20(11-12-24-22)29-14-13-26(21)15-17-5-3-2-4-6-17/h2-12,16H,13-15H2,1H3,(H,24,25)(H,27,28). The Kier molecular flexibility index (Phi) is 5.33. The van der Waals surface area contributed by atoms with Gasteiger partial charge in [0.2, 0.25) is 0 Å². The van der Waals surface area contributed by atoms with Crippen molar-refractivity contribution in [2.75, 3.05) is 23.4 Å². The van der Waals surface area contributed by atoms with E-state index < -0.39 is 5.97 Å². The molecule has 1 aromatic heterocycles. The fourth-order valence-corrected chi connectivity index (χ4v) is 3.51. The monoisotopic (exact) mass is 389 g/mol. The van der Waals surface area contributed by atoms with Crippen LogP contribution in [0.3, 0.4) is 0 Å². The molecule has 6 nitrogen and oxygen atoms in total. The lowest BCUT2D eigenvalue weighted by Crippen LogP contribution is -2.33. The van der Waals surface area contributed by atoms with Gasteiger partial charge in [-0.25, -0.2) is 9.78 Å². The lowest BCUT2D eigenvalue weighted by Gasteiger charge is -2.33. The smallest absolute Gasteiger partial charge is 0.335 e. The van der Waals surface area contributed by atoms with Crippen molar-refractivity contribution in [3.8, 4) is 5.75 Å². The molecular formula is C23H23N3O3. The minimum absolute atomic E-state index is 0.0441. The number of pyridine rings is 1. The fraction of sp³-hybridized carbons (Fsp3) is 0.217. The van der Waals surface area contributed by atoms with Crippen LogP contribution >= 0.6 is 0 Å². The van der Waals surface area contributed by atoms with Gasteiger partial charge < -0.3 is 20.1 Å². The van der Waals surface area contributed by atoms with E-state index in [1.807, 2.05) is 43.3 Å². The van der Waals surface area contributed by atoms with E-state index in [-0.39, 0.29) is 11.6 Å². The number of anilines is 2. The maximum Gasteiger partial charge on any atom is 0.335 e. The van der Waals surface area contributed by atoms with E-state index in [4.69, 9.17) is 9.84 Å². The third-order valence-electron chi connectivity index (χ3n) is 5.05. The Morgan fingerprint density at radius 3 is 2.66 bits per heavy atom. The van der Waals surface area contributed by atoms with Gasteiger partial charge in [-0.3, -0.25) is 0 Å². The minimum Gasteiger partial charge on any atom is -0.489 e. The summed E-state index contributed by atoms with van der Waals surface area (Å²) in [4.78, 5) is 17.9. The van der Waals surface area contributed by atoms with Gasteiger partial charge in [0.1, 0.15) is 18.0 Å². The Balaban J connectivity index is 1.59. The molecule has 3 aromatic rings. The lowest BCUT2D eigenvalue weighted by atomic mass is 10.1. The molecule has 1 aliphatic rings. The van der Waals surface area contributed by atoms with Crippen LogP contribution < -0.4 is 15.0 Å². The third kappa shape index (κ3) is 4.16. The van der Waals surface area contributed by atoms with Crippen LogP contribution in [0.15, 0.2) is 66.9 Å². The number of rotatable bonds is 6. The summed E-state index contributed by atoms with van der Waals surface area (Å²) in [7, 11) is 0. The molecule has 4 rings (SSSR count). The van der Waals surface area contributed by atoms with Crippen molar-refractivity contribution in [3.63, 3.8) is 0 Å². The van der Waals surface area contributed by atoms with Crippen molar-refractivity contribution < 1.29 is 14.6 Å². The highest BCUT2D eigenvalue weighted by Gasteiger charge is 2.24. The third-order valence-corrected chi connectivity index (χ3v) is 5.05. The van der Waals surface area contributed by atoms with Gasteiger partial charge in [0, 0.05) is 18.8 Å². The molecule has 148 valence electrons. The second-order valence-electron chi connectivity index (χ2n) is 7.06. The first kappa shape index (κ1) is 18.8. The average Bonchev–Trinajstić information content (AvgIpc) is 2.75. The molecule has 2 heterocycles. The van der Waals surface area contributed by atoms with Crippen molar-refractivity contribution in [3.05, 3.63) is 83.6 Å². The molecule has 29 heavy (non-hydrogen) atoms. The molecule has 0 saturated heterocycles. The molecule has 6 heteroatoms. The largest absolute Gasteiger partial charge is 0.489 e. The Morgan fingerprint density at radius 1 is 1.17 bits per heavy atom. The zero-order chi connectivity index (χ0) is 20.2. The van der Waals surface area contributed by atoms with Crippen LogP contribution in [-0.4, -0.2) is 29.2 Å². The highest BCUT2D eigenvalue weighted by Crippen LogP contribution is 2.39. The summed E-state index contributed by atoms with van der Waals surface area (Å²) in [6.45, 7) is 4.22. The van der Waals surface area contributed by atoms with Crippen molar-refractivity contribution in [1.82, 2.24) is 4.98 Å². The summed E-state index contributed by atoms with van der Waals surface area (Å²) >= 11 is 0. The summed E-state index contributed by atoms with van der Waals surface area (Å²) < 4.78 is 5.87. The van der Waals surface area contributed by atoms with Crippen LogP contribution in [0.2, 0.25) is 0 Å². The molecule has 0 saturated carbocycles. The van der Waals surface area contributed by atoms with Gasteiger partial charge in [0.15, 0.2) is 5.82 Å². The zero-order valence-electron chi connectivity index (χ0n) is 16.2. The summed E-state index contributed by atoms with van der Waals surface area (Å²) in [6, 6.07) is 19.1. The van der Waals surface area contributed by atoms with E-state index in [2.05, 4.69) is 27.3 Å². The first-order valence-electron chi connectivity index (χ1n) is 9.62. The Labute approximate surface area is 169 Å². The van der Waals surface area contributed by atoms with Crippen LogP contribution in [0.25, 0.3) is 0 Å². The molecule has 2 aromatic carbocycles. The number of aromatic nitrogens is 1. The van der Waals surface area contributed by atoms with Gasteiger partial charge in [-0.1, -0.05) is 42.5 Å². The predicted octanol–water partition coefficient (Wildman–Crippen LogP) is 4.35. The average molecular weight is 389 g/mol. The molecule has 2 N–H and O–H groups in total. The normalized spacial score (nSPS) is 13.9. The number of benzene rings is 2. The lowest BCUT2D eigenvalue weighted by molar-refractivity contribution is 0.0697. The molecule has 0 radical (unpaired) electrons. The summed E-state index contributed by atoms with van der Waals surface area (Å²) in [5.41, 5.74) is 3.45. The van der Waals surface area contributed by atoms with Crippen molar-refractivity contribution in [2.24, 2.45) is 0 Å². The Hall–Kier alpha value is -3.54. The van der Waals surface area contributed by atoms with Crippen molar-refractivity contribution in [1.29, 1.82) is 0 Å². The Bertz CT molecular complexity index is 990. The number of hydrogen-bond acceptors (Lipinski definition) is 5. The second-order valence-corrected chi connectivity index (χ2v) is 7.06. The van der Waals surface area contributed by atoms with Gasteiger partial charge in [-0.15, -0.1) is 0 Å². The van der Waals surface area contributed by atoms with E-state index >= 15 is 0 Å². The van der Waals surface area contributed by atoms with Crippen LogP contribution in [0.1, 0.15) is 34.5 Å². The van der Waals surface area contributed by atoms with Crippen molar-refractivity contribution in [2.45, 2.75) is 19.5 Å². The van der Waals surface area contributed by atoms with Crippen LogP contribution in [0, 0.1) is 0 Å². The molecular weight excluding hydrogens is 366 g/mol. The minimum atomic E-state index is -0.926. The van der Waals surface area contributed by atoms with Gasteiger partial charge in [0.25, 0.3) is 0 Å². The van der Waals surface area contributed by atoms with Crippen LogP contribution in [-0.2, 0) is 6.54 Å². The number of aromatic carboxylic acids is 1. The van der Waals surface area contributed by atoms with E-state index in [9.17, 15) is 4.79 Å². The number of ether oxygens (including phenoxy) is 1. The highest BCUT2D eigenvalue weighted by atomic mass is 16.5. The molecule has 0 amide bonds. The number of nitrogens with zero attached hydrogens (tertiary/aromatic N) is 2. The van der Waals surface area contributed by atoms with Crippen molar-refractivity contribution >= 4 is 17.5 Å². The number of carbonyl (C=O) groups is 1. The van der Waals surface area contributed by atoms with Gasteiger partial charge in [0.05, 0.1) is 18.2 Å². The number of hydrogen-bond donors (Lipinski definition) is 2. The van der Waals surface area contributed by atoms with E-state index in [0.717, 1.165) is 35.9 Å². The summed E-state index contributed by atoms with van der Waals surface area (Å²) in [5, 5.41) is 12.6. The van der Waals surface area contributed by atoms with E-state index in [0.29, 0.717) is 6.61 Å². The molecule has 1 aliphatic heterocycles. The first-order valence-corrected chi connectivity index (χ1v) is 9.62. The zero-order valence-corrected chi connectivity index (χ0v) is 16.2. The second kappa shape index (κ2) is 8.22. The summed E-state index contributed by atoms with van der Waals surface area (Å²) in [6.07, 6.45) is 1.74. The molecule has 0 spiro atoms. The van der Waals surface area contributed by atoms with Gasteiger partial charge in [-0.05, 0) is 30.2 Å². The fourth-order valence-electron chi connectivity index (χ4n) is 3.51. The van der Waals surface area contributed by atoms with Crippen LogP contribution in [0.5, 0.6) is 5.75 Å². The van der Waals surface area contributed by atoms with Crippen LogP contribution in [0.4, 0.5) is 11.5 Å².